The van der Waals surface area contributed by atoms with Crippen molar-refractivity contribution in [1.29, 1.82) is 0 Å². The summed E-state index contributed by atoms with van der Waals surface area (Å²) in [5.41, 5.74) is 0.141. The lowest BCUT2D eigenvalue weighted by Gasteiger charge is -1.88. The van der Waals surface area contributed by atoms with Crippen LogP contribution >= 0.6 is 0 Å². The van der Waals surface area contributed by atoms with Crippen molar-refractivity contribution in [3.05, 3.63) is 28.2 Å². The van der Waals surface area contributed by atoms with Crippen LogP contribution < -0.4 is 0 Å². The number of rotatable bonds is 2. The second-order valence-electron chi connectivity index (χ2n) is 2.71. The molecular formula is C7H4N4O4. The van der Waals surface area contributed by atoms with Crippen LogP contribution in [0.5, 0.6) is 0 Å². The predicted molar refractivity (Wildman–Crippen MR) is 47.5 cm³/mol. The Morgan fingerprint density at radius 3 is 2.93 bits per heavy atom. The van der Waals surface area contributed by atoms with Crippen LogP contribution in [0.1, 0.15) is 10.6 Å². The van der Waals surface area contributed by atoms with Gasteiger partial charge in [0.15, 0.2) is 5.65 Å². The zero-order chi connectivity index (χ0) is 11.0. The van der Waals surface area contributed by atoms with E-state index in [0.717, 1.165) is 6.20 Å². The Bertz CT molecular complexity index is 549. The third kappa shape index (κ3) is 1.47. The number of pyridine rings is 1. The Labute approximate surface area is 81.7 Å². The molecule has 76 valence electrons. The molecule has 0 unspecified atom stereocenters. The van der Waals surface area contributed by atoms with Crippen LogP contribution in [0.25, 0.3) is 11.2 Å². The topological polar surface area (TPSA) is 122 Å². The van der Waals surface area contributed by atoms with Gasteiger partial charge in [0.25, 0.3) is 5.69 Å². The molecule has 0 aromatic carbocycles. The maximum atomic E-state index is 10.5. The zero-order valence-corrected chi connectivity index (χ0v) is 7.17. The lowest BCUT2D eigenvalue weighted by molar-refractivity contribution is -0.385. The van der Waals surface area contributed by atoms with Crippen LogP contribution in [0.2, 0.25) is 0 Å². The molecule has 0 aliphatic carbocycles. The van der Waals surface area contributed by atoms with Gasteiger partial charge in [0, 0.05) is 6.07 Å². The first kappa shape index (κ1) is 9.06. The average Bonchev–Trinajstić information content (AvgIpc) is 2.59. The van der Waals surface area contributed by atoms with E-state index in [1.165, 1.54) is 6.07 Å². The van der Waals surface area contributed by atoms with E-state index in [9.17, 15) is 14.9 Å². The third-order valence-corrected chi connectivity index (χ3v) is 1.74. The number of carboxylic acids is 1. The molecule has 15 heavy (non-hydrogen) atoms. The second kappa shape index (κ2) is 3.01. The van der Waals surface area contributed by atoms with Gasteiger partial charge in [-0.25, -0.2) is 14.8 Å². The molecule has 0 amide bonds. The van der Waals surface area contributed by atoms with Crippen LogP contribution in [0, 0.1) is 10.1 Å². The van der Waals surface area contributed by atoms with Crippen molar-refractivity contribution in [3.8, 4) is 0 Å². The summed E-state index contributed by atoms with van der Waals surface area (Å²) in [4.78, 5) is 30.0. The number of hydrogen-bond acceptors (Lipinski definition) is 5. The minimum absolute atomic E-state index is 0.137. The van der Waals surface area contributed by atoms with Gasteiger partial charge in [-0.2, -0.15) is 0 Å². The van der Waals surface area contributed by atoms with Gasteiger partial charge in [-0.3, -0.25) is 10.1 Å². The largest absolute Gasteiger partial charge is 0.475 e. The summed E-state index contributed by atoms with van der Waals surface area (Å²) in [6, 6.07) is 1.18. The summed E-state index contributed by atoms with van der Waals surface area (Å²) in [5.74, 6) is -1.53. The summed E-state index contributed by atoms with van der Waals surface area (Å²) in [6.45, 7) is 0. The predicted octanol–water partition coefficient (Wildman–Crippen LogP) is 0.564. The molecule has 2 heterocycles. The van der Waals surface area contributed by atoms with Gasteiger partial charge >= 0.3 is 5.97 Å². The molecule has 2 aromatic heterocycles. The minimum Gasteiger partial charge on any atom is -0.475 e. The van der Waals surface area contributed by atoms with Gasteiger partial charge in [-0.1, -0.05) is 0 Å². The van der Waals surface area contributed by atoms with Gasteiger partial charge in [0.05, 0.1) is 10.4 Å². The van der Waals surface area contributed by atoms with E-state index in [4.69, 9.17) is 5.11 Å². The highest BCUT2D eigenvalue weighted by molar-refractivity contribution is 5.88. The number of nitrogens with zero attached hydrogens (tertiary/aromatic N) is 3. The number of nitro groups is 1. The SMILES string of the molecule is O=C(O)c1nc2ncc([N+](=O)[O-])cc2[nH]1. The first-order valence-electron chi connectivity index (χ1n) is 3.81. The molecule has 0 aliphatic heterocycles. The smallest absolute Gasteiger partial charge is 0.371 e. The van der Waals surface area contributed by atoms with Gasteiger partial charge in [-0.05, 0) is 0 Å². The lowest BCUT2D eigenvalue weighted by atomic mass is 10.4. The standard InChI is InChI=1S/C7H4N4O4/c12-7(13)6-9-4-1-3(11(14)15)2-8-5(4)10-6/h1-2H,(H,12,13)(H,8,9,10). The molecule has 2 rings (SSSR count). The number of aromatic carboxylic acids is 1. The fourth-order valence-corrected chi connectivity index (χ4v) is 1.09. The summed E-state index contributed by atoms with van der Waals surface area (Å²) < 4.78 is 0. The monoisotopic (exact) mass is 208 g/mol. The third-order valence-electron chi connectivity index (χ3n) is 1.74. The lowest BCUT2D eigenvalue weighted by Crippen LogP contribution is -1.97. The van der Waals surface area contributed by atoms with Crippen LogP contribution in [0.15, 0.2) is 12.3 Å². The number of aromatic nitrogens is 3. The molecule has 0 saturated heterocycles. The molecule has 2 N–H and O–H groups in total. The number of H-pyrrole nitrogens is 1. The molecule has 2 aromatic rings. The maximum absolute atomic E-state index is 10.5. The molecule has 0 spiro atoms. The molecule has 0 aliphatic rings. The Morgan fingerprint density at radius 2 is 2.33 bits per heavy atom. The van der Waals surface area contributed by atoms with Gasteiger partial charge < -0.3 is 10.1 Å². The van der Waals surface area contributed by atoms with Crippen molar-refractivity contribution in [2.24, 2.45) is 0 Å². The zero-order valence-electron chi connectivity index (χ0n) is 7.17. The van der Waals surface area contributed by atoms with Crippen molar-refractivity contribution in [3.63, 3.8) is 0 Å². The number of carboxylic acid groups (broad SMARTS) is 1. The molecular weight excluding hydrogens is 204 g/mol. The van der Waals surface area contributed by atoms with Crippen molar-refractivity contribution in [2.45, 2.75) is 0 Å². The van der Waals surface area contributed by atoms with E-state index >= 15 is 0 Å². The van der Waals surface area contributed by atoms with Gasteiger partial charge in [-0.15, -0.1) is 0 Å². The Morgan fingerprint density at radius 1 is 1.60 bits per heavy atom. The fourth-order valence-electron chi connectivity index (χ4n) is 1.09. The summed E-state index contributed by atoms with van der Waals surface area (Å²) in [5, 5.41) is 19.0. The van der Waals surface area contributed by atoms with Crippen molar-refractivity contribution in [2.75, 3.05) is 0 Å². The second-order valence-corrected chi connectivity index (χ2v) is 2.71. The Kier molecular flexibility index (Phi) is 1.82. The van der Waals surface area contributed by atoms with Crippen LogP contribution in [-0.4, -0.2) is 31.0 Å². The van der Waals surface area contributed by atoms with Crippen molar-refractivity contribution >= 4 is 22.8 Å². The first-order valence-corrected chi connectivity index (χ1v) is 3.81. The Balaban J connectivity index is 2.62. The number of fused-ring (bicyclic) bond motifs is 1. The number of aromatic amines is 1. The number of hydrogen-bond donors (Lipinski definition) is 2. The molecule has 0 bridgehead atoms. The molecule has 0 atom stereocenters. The molecule has 0 saturated carbocycles. The minimum atomic E-state index is -1.24. The first-order chi connectivity index (χ1) is 7.08. The maximum Gasteiger partial charge on any atom is 0.371 e. The average molecular weight is 208 g/mol. The van der Waals surface area contributed by atoms with E-state index < -0.39 is 10.9 Å². The quantitative estimate of drug-likeness (QED) is 0.549. The van der Waals surface area contributed by atoms with Gasteiger partial charge in [0.2, 0.25) is 5.82 Å². The summed E-state index contributed by atoms with van der Waals surface area (Å²) in [7, 11) is 0. The molecule has 0 radical (unpaired) electrons. The van der Waals surface area contributed by atoms with E-state index in [1.54, 1.807) is 0 Å². The van der Waals surface area contributed by atoms with Crippen LogP contribution in [0.3, 0.4) is 0 Å². The van der Waals surface area contributed by atoms with Gasteiger partial charge in [0.1, 0.15) is 6.20 Å². The van der Waals surface area contributed by atoms with Crippen LogP contribution in [-0.2, 0) is 0 Å². The Hall–Kier alpha value is -2.51. The van der Waals surface area contributed by atoms with E-state index in [0.29, 0.717) is 0 Å². The number of nitrogens with one attached hydrogen (secondary N) is 1. The molecule has 8 heteroatoms. The van der Waals surface area contributed by atoms with E-state index in [2.05, 4.69) is 15.0 Å². The highest BCUT2D eigenvalue weighted by Gasteiger charge is 2.13. The van der Waals surface area contributed by atoms with E-state index in [1.807, 2.05) is 0 Å². The number of carbonyl (C=O) groups is 1. The molecule has 8 nitrogen and oxygen atoms in total. The number of imidazole rings is 1. The fraction of sp³-hybridized carbons (Fsp3) is 0. The van der Waals surface area contributed by atoms with E-state index in [-0.39, 0.29) is 22.7 Å². The van der Waals surface area contributed by atoms with Crippen LogP contribution in [0.4, 0.5) is 5.69 Å². The molecule has 0 fully saturated rings. The highest BCUT2D eigenvalue weighted by Crippen LogP contribution is 2.15. The normalized spacial score (nSPS) is 10.4. The highest BCUT2D eigenvalue weighted by atomic mass is 16.6. The summed E-state index contributed by atoms with van der Waals surface area (Å²) in [6.07, 6.45) is 1.02. The van der Waals surface area contributed by atoms with Crippen molar-refractivity contribution < 1.29 is 14.8 Å². The summed E-state index contributed by atoms with van der Waals surface area (Å²) >= 11 is 0. The van der Waals surface area contributed by atoms with Crippen molar-refractivity contribution in [1.82, 2.24) is 15.0 Å².